The number of carbonyl (C=O) groups excluding carboxylic acids is 6. The van der Waals surface area contributed by atoms with Crippen LogP contribution in [-0.2, 0) is 41.6 Å². The standard InChI is InChI=1S/C61H78N18O8/c62-60(63)67-23-9-15-46(56(83)77-51(35-43-36-66-37-69-43)58(85)75-47(59(86)87)16-10-24-68-61(64)65)74-57(84)50(31-38-11-2-1-3-12-38)76-55(82)39-13-8-14-40(32-39)72-54-44-19-17-41(70-52(80)21-29-78-25-4-5-26-78)33-48(44)73-49-34-42(18-20-45(49)54)71-53(81)22-30-79-27-6-7-28-79/h1-3,8,11-14,17-20,32-34,36-37,46-47,50-51H,4-7,9-10,15-16,21-31,35H2,(H,66,69)(H,70,80)(H,71,81)(H,72,73)(H,74,84)(H,75,85)(H,76,82)(H,77,83)(H,86,87)(H4,62,63,67)(H4,64,65,68)/t46-,47-,50-,51-/m0/s1. The summed E-state index contributed by atoms with van der Waals surface area (Å²) in [5.74, 6) is -4.88. The highest BCUT2D eigenvalue weighted by atomic mass is 16.4. The Labute approximate surface area is 503 Å². The monoisotopic (exact) mass is 1190 g/mol. The lowest BCUT2D eigenvalue weighted by atomic mass is 10.0. The Morgan fingerprint density at radius 3 is 1.66 bits per heavy atom. The van der Waals surface area contributed by atoms with Crippen LogP contribution in [0.1, 0.15) is 85.8 Å². The second-order valence-corrected chi connectivity index (χ2v) is 21.8. The van der Waals surface area contributed by atoms with Crippen molar-refractivity contribution in [1.82, 2.24) is 46.0 Å². The normalized spacial score (nSPS) is 14.7. The van der Waals surface area contributed by atoms with E-state index < -0.39 is 53.8 Å². The molecule has 2 saturated heterocycles. The number of aromatic nitrogens is 3. The summed E-state index contributed by atoms with van der Waals surface area (Å²) in [5, 5.41) is 32.0. The van der Waals surface area contributed by atoms with Crippen LogP contribution in [0.15, 0.2) is 114 Å². The molecule has 26 nitrogen and oxygen atoms in total. The number of H-pyrrole nitrogens is 1. The van der Waals surface area contributed by atoms with Gasteiger partial charge in [0.05, 0.1) is 23.0 Å². The molecule has 0 radical (unpaired) electrons. The lowest BCUT2D eigenvalue weighted by molar-refractivity contribution is -0.142. The minimum atomic E-state index is -1.37. The number of anilines is 4. The number of nitrogens with two attached hydrogens (primary N) is 4. The van der Waals surface area contributed by atoms with E-state index in [1.165, 1.54) is 12.5 Å². The van der Waals surface area contributed by atoms with Crippen molar-refractivity contribution in [2.24, 2.45) is 32.9 Å². The summed E-state index contributed by atoms with van der Waals surface area (Å²) in [6, 6.07) is 21.4. The smallest absolute Gasteiger partial charge is 0.326 e. The maximum Gasteiger partial charge on any atom is 0.326 e. The van der Waals surface area contributed by atoms with Crippen LogP contribution in [0, 0.1) is 0 Å². The average Bonchev–Trinajstić information content (AvgIpc) is 1.44. The zero-order valence-corrected chi connectivity index (χ0v) is 48.6. The van der Waals surface area contributed by atoms with Crippen molar-refractivity contribution in [1.29, 1.82) is 0 Å². The van der Waals surface area contributed by atoms with Crippen LogP contribution in [0.4, 0.5) is 22.7 Å². The summed E-state index contributed by atoms with van der Waals surface area (Å²) in [5.41, 5.74) is 26.8. The van der Waals surface area contributed by atoms with Crippen molar-refractivity contribution >= 4 is 97.9 Å². The molecule has 6 amide bonds. The van der Waals surface area contributed by atoms with Crippen molar-refractivity contribution in [3.63, 3.8) is 0 Å². The summed E-state index contributed by atoms with van der Waals surface area (Å²) in [4.78, 5) is 121. The van der Waals surface area contributed by atoms with E-state index in [0.717, 1.165) is 51.9 Å². The molecular formula is C61H78N18O8. The third-order valence-electron chi connectivity index (χ3n) is 15.1. The maximum atomic E-state index is 14.7. The number of carboxylic acids is 1. The Morgan fingerprint density at radius 2 is 1.11 bits per heavy atom. The molecule has 4 heterocycles. The lowest BCUT2D eigenvalue weighted by Crippen LogP contribution is -2.58. The SMILES string of the molecule is NC(N)=NCCC[C@H](NC(=O)[C@H](Cc1cnc[nH]1)NC(=O)[C@H](CCCN=C(N)N)NC(=O)[C@H](Cc1ccccc1)NC(=O)c1cccc(Nc2c3ccc(NC(=O)CCN4CCCC4)cc3nc3cc(NC(=O)CCN4CCCC4)ccc23)c1)C(=O)O. The molecule has 460 valence electrons. The van der Waals surface area contributed by atoms with Gasteiger partial charge >= 0.3 is 5.97 Å². The number of imidazole rings is 1. The quantitative estimate of drug-likeness (QED) is 0.0129. The highest BCUT2D eigenvalue weighted by molar-refractivity contribution is 6.11. The van der Waals surface area contributed by atoms with Gasteiger partial charge in [-0.1, -0.05) is 36.4 Å². The second-order valence-electron chi connectivity index (χ2n) is 21.8. The number of rotatable bonds is 31. The Hall–Kier alpha value is -9.69. The molecule has 0 aliphatic carbocycles. The number of aliphatic carboxylic acids is 1. The number of aliphatic imine (C=N–C) groups is 2. The van der Waals surface area contributed by atoms with Gasteiger partial charge in [0.25, 0.3) is 5.91 Å². The molecule has 2 aromatic heterocycles. The van der Waals surface area contributed by atoms with Crippen LogP contribution < -0.4 is 60.2 Å². The van der Waals surface area contributed by atoms with E-state index in [4.69, 9.17) is 27.9 Å². The van der Waals surface area contributed by atoms with Crippen molar-refractivity contribution in [3.8, 4) is 0 Å². The minimum Gasteiger partial charge on any atom is -0.480 e. The van der Waals surface area contributed by atoms with E-state index >= 15 is 0 Å². The lowest BCUT2D eigenvalue weighted by Gasteiger charge is -2.26. The molecule has 2 aliphatic rings. The Morgan fingerprint density at radius 1 is 0.586 bits per heavy atom. The third-order valence-corrected chi connectivity index (χ3v) is 15.1. The first-order valence-electron chi connectivity index (χ1n) is 29.4. The van der Waals surface area contributed by atoms with Gasteiger partial charge in [-0.25, -0.2) is 14.8 Å². The number of nitrogens with one attached hydrogen (secondary N) is 8. The van der Waals surface area contributed by atoms with Crippen LogP contribution in [-0.4, -0.2) is 160 Å². The summed E-state index contributed by atoms with van der Waals surface area (Å²) < 4.78 is 0. The fourth-order valence-electron chi connectivity index (χ4n) is 10.6. The molecule has 8 rings (SSSR count). The van der Waals surface area contributed by atoms with E-state index in [0.29, 0.717) is 81.7 Å². The predicted molar refractivity (Wildman–Crippen MR) is 334 cm³/mol. The van der Waals surface area contributed by atoms with E-state index in [1.54, 1.807) is 48.5 Å². The fraction of sp³-hybridized carbons (Fsp3) is 0.393. The number of guanidine groups is 2. The van der Waals surface area contributed by atoms with Gasteiger partial charge in [0.2, 0.25) is 29.5 Å². The fourth-order valence-corrected chi connectivity index (χ4v) is 10.6. The number of hydrogen-bond donors (Lipinski definition) is 13. The molecule has 87 heavy (non-hydrogen) atoms. The van der Waals surface area contributed by atoms with Gasteiger partial charge in [0.15, 0.2) is 11.9 Å². The van der Waals surface area contributed by atoms with Crippen LogP contribution in [0.25, 0.3) is 21.8 Å². The molecule has 0 spiro atoms. The van der Waals surface area contributed by atoms with E-state index in [9.17, 15) is 38.7 Å². The first-order valence-corrected chi connectivity index (χ1v) is 29.4. The number of benzene rings is 4. The topological polar surface area (TPSA) is 401 Å². The summed E-state index contributed by atoms with van der Waals surface area (Å²) in [6.07, 6.45) is 8.23. The largest absolute Gasteiger partial charge is 0.480 e. The van der Waals surface area contributed by atoms with Gasteiger partial charge < -0.3 is 80.0 Å². The highest BCUT2D eigenvalue weighted by Crippen LogP contribution is 2.36. The van der Waals surface area contributed by atoms with Crippen molar-refractivity contribution in [2.45, 2.75) is 101 Å². The Kier molecular flexibility index (Phi) is 22.9. The average molecular weight is 1190 g/mol. The molecule has 4 atom stereocenters. The number of carbonyl (C=O) groups is 7. The van der Waals surface area contributed by atoms with Crippen LogP contribution >= 0.6 is 0 Å². The molecule has 17 N–H and O–H groups in total. The van der Waals surface area contributed by atoms with Crippen molar-refractivity contribution < 1.29 is 38.7 Å². The molecule has 2 aliphatic heterocycles. The number of fused-ring (bicyclic) bond motifs is 2. The van der Waals surface area contributed by atoms with E-state index in [2.05, 4.69) is 67.0 Å². The number of amides is 6. The maximum absolute atomic E-state index is 14.7. The number of nitrogens with zero attached hydrogens (tertiary/aromatic N) is 6. The molecule has 4 aromatic carbocycles. The van der Waals surface area contributed by atoms with E-state index in [1.807, 2.05) is 42.5 Å². The number of aromatic amines is 1. The van der Waals surface area contributed by atoms with Gasteiger partial charge in [-0.2, -0.15) is 0 Å². The van der Waals surface area contributed by atoms with Crippen LogP contribution in [0.2, 0.25) is 0 Å². The highest BCUT2D eigenvalue weighted by Gasteiger charge is 2.32. The second kappa shape index (κ2) is 31.4. The minimum absolute atomic E-state index is 0.0000767. The molecule has 2 fully saturated rings. The molecule has 0 unspecified atom stereocenters. The van der Waals surface area contributed by atoms with Crippen LogP contribution in [0.5, 0.6) is 0 Å². The Bertz CT molecular complexity index is 3320. The molecule has 26 heteroatoms. The number of carboxylic acid groups (broad SMARTS) is 1. The number of pyridine rings is 1. The number of likely N-dealkylation sites (tertiary alicyclic amines) is 2. The predicted octanol–water partition coefficient (Wildman–Crippen LogP) is 2.93. The van der Waals surface area contributed by atoms with E-state index in [-0.39, 0.29) is 80.9 Å². The molecular weight excluding hydrogens is 1110 g/mol. The van der Waals surface area contributed by atoms with Gasteiger partial charge in [-0.15, -0.1) is 0 Å². The Balaban J connectivity index is 1.03. The van der Waals surface area contributed by atoms with Crippen molar-refractivity contribution in [3.05, 3.63) is 120 Å². The summed E-state index contributed by atoms with van der Waals surface area (Å²) in [7, 11) is 0. The molecule has 0 saturated carbocycles. The zero-order chi connectivity index (χ0) is 61.7. The first kappa shape index (κ1) is 63.3. The van der Waals surface area contributed by atoms with Gasteiger partial charge in [0, 0.05) is 97.2 Å². The van der Waals surface area contributed by atoms with Gasteiger partial charge in [-0.3, -0.25) is 38.8 Å². The zero-order valence-electron chi connectivity index (χ0n) is 48.6. The number of hydrogen-bond acceptors (Lipinski definition) is 14. The molecule has 6 aromatic rings. The van der Waals surface area contributed by atoms with Crippen LogP contribution in [0.3, 0.4) is 0 Å². The molecule has 0 bridgehead atoms. The summed E-state index contributed by atoms with van der Waals surface area (Å²) >= 11 is 0. The van der Waals surface area contributed by atoms with Gasteiger partial charge in [-0.05, 0) is 138 Å². The first-order chi connectivity index (χ1) is 42.0. The third kappa shape index (κ3) is 19.4. The van der Waals surface area contributed by atoms with Gasteiger partial charge in [0.1, 0.15) is 24.2 Å². The summed E-state index contributed by atoms with van der Waals surface area (Å²) in [6.45, 7) is 5.48. The van der Waals surface area contributed by atoms with Crippen molar-refractivity contribution in [2.75, 3.05) is 68.3 Å².